The number of amides is 2. The first-order valence-corrected chi connectivity index (χ1v) is 9.60. The number of hydrogen-bond acceptors (Lipinski definition) is 2. The lowest BCUT2D eigenvalue weighted by molar-refractivity contribution is -0.136. The normalized spacial score (nSPS) is 38.6. The average Bonchev–Trinajstić information content (AvgIpc) is 2.56. The van der Waals surface area contributed by atoms with Crippen molar-refractivity contribution in [2.75, 3.05) is 11.4 Å². The van der Waals surface area contributed by atoms with E-state index in [2.05, 4.69) is 5.32 Å². The van der Waals surface area contributed by atoms with Crippen LogP contribution in [-0.2, 0) is 6.42 Å². The number of rotatable bonds is 1. The predicted molar refractivity (Wildman–Crippen MR) is 92.9 cm³/mol. The molecule has 4 saturated carbocycles. The fourth-order valence-electron chi connectivity index (χ4n) is 6.24. The summed E-state index contributed by atoms with van der Waals surface area (Å²) in [5.74, 6) is 1.03. The van der Waals surface area contributed by atoms with Gasteiger partial charge in [-0.2, -0.15) is 0 Å². The van der Waals surface area contributed by atoms with E-state index in [1.807, 2.05) is 6.07 Å². The topological polar surface area (TPSA) is 52.6 Å². The summed E-state index contributed by atoms with van der Waals surface area (Å²) in [6.07, 6.45) is 6.43. The summed E-state index contributed by atoms with van der Waals surface area (Å²) in [7, 11) is 0. The van der Waals surface area contributed by atoms with Crippen molar-refractivity contribution in [2.24, 2.45) is 17.8 Å². The molecule has 2 unspecified atom stereocenters. The number of carbonyl (C=O) groups excluding carboxylic acids is 1. The number of urea groups is 1. The SMILES string of the molecule is O=C(NC1C2CC3CC1CC(O)(C3)C2)N1CCCc2cccc(F)c21. The van der Waals surface area contributed by atoms with Crippen LogP contribution < -0.4 is 10.2 Å². The molecule has 2 atom stereocenters. The Labute approximate surface area is 147 Å². The van der Waals surface area contributed by atoms with Gasteiger partial charge in [0.2, 0.25) is 0 Å². The molecule has 25 heavy (non-hydrogen) atoms. The number of para-hydroxylation sites is 1. The van der Waals surface area contributed by atoms with Crippen molar-refractivity contribution in [2.45, 2.75) is 56.6 Å². The van der Waals surface area contributed by atoms with Crippen LogP contribution in [0.3, 0.4) is 0 Å². The number of aryl methyl sites for hydroxylation is 1. The van der Waals surface area contributed by atoms with Crippen molar-refractivity contribution in [1.82, 2.24) is 5.32 Å². The van der Waals surface area contributed by atoms with E-state index in [9.17, 15) is 14.3 Å². The summed E-state index contributed by atoms with van der Waals surface area (Å²) in [4.78, 5) is 14.6. The Hall–Kier alpha value is -1.62. The number of nitrogens with zero attached hydrogens (tertiary/aromatic N) is 1. The van der Waals surface area contributed by atoms with Crippen molar-refractivity contribution in [3.05, 3.63) is 29.6 Å². The summed E-state index contributed by atoms with van der Waals surface area (Å²) < 4.78 is 14.3. The second kappa shape index (κ2) is 5.44. The van der Waals surface area contributed by atoms with Crippen LogP contribution in [0.1, 0.15) is 44.1 Å². The van der Waals surface area contributed by atoms with Crippen LogP contribution in [0, 0.1) is 23.6 Å². The lowest BCUT2D eigenvalue weighted by Gasteiger charge is -2.58. The average molecular weight is 344 g/mol. The van der Waals surface area contributed by atoms with E-state index >= 15 is 0 Å². The van der Waals surface area contributed by atoms with Gasteiger partial charge in [-0.15, -0.1) is 0 Å². The third-order valence-corrected chi connectivity index (χ3v) is 6.94. The van der Waals surface area contributed by atoms with E-state index in [4.69, 9.17) is 0 Å². The molecule has 4 aliphatic carbocycles. The standard InChI is InChI=1S/C20H25FN2O2/c21-16-5-1-3-13-4-2-6-23(18(13)16)19(24)22-17-14-7-12-8-15(17)11-20(25,9-12)10-14/h1,3,5,12,14-15,17,25H,2,4,6-11H2,(H,22,24). The highest BCUT2D eigenvalue weighted by Crippen LogP contribution is 2.55. The lowest BCUT2D eigenvalue weighted by Crippen LogP contribution is -2.63. The van der Waals surface area contributed by atoms with Crippen LogP contribution >= 0.6 is 0 Å². The Morgan fingerprint density at radius 3 is 2.72 bits per heavy atom. The Bertz CT molecular complexity index is 706. The molecule has 5 aliphatic rings. The molecular weight excluding hydrogens is 319 g/mol. The minimum Gasteiger partial charge on any atom is -0.390 e. The van der Waals surface area contributed by atoms with E-state index in [1.54, 1.807) is 11.0 Å². The highest BCUT2D eigenvalue weighted by atomic mass is 19.1. The van der Waals surface area contributed by atoms with Gasteiger partial charge in [-0.3, -0.25) is 4.90 Å². The minimum atomic E-state index is -0.498. The second-order valence-corrected chi connectivity index (χ2v) is 8.67. The molecule has 4 bridgehead atoms. The zero-order valence-corrected chi connectivity index (χ0v) is 14.4. The summed E-state index contributed by atoms with van der Waals surface area (Å²) in [5, 5.41) is 13.9. The summed E-state index contributed by atoms with van der Waals surface area (Å²) >= 11 is 0. The number of halogens is 1. The molecule has 6 rings (SSSR count). The molecule has 1 heterocycles. The number of anilines is 1. The van der Waals surface area contributed by atoms with E-state index in [-0.39, 0.29) is 17.9 Å². The molecular formula is C20H25FN2O2. The molecule has 1 aromatic rings. The molecule has 134 valence electrons. The number of nitrogens with one attached hydrogen (secondary N) is 1. The fraction of sp³-hybridized carbons (Fsp3) is 0.650. The number of aliphatic hydroxyl groups is 1. The molecule has 0 aromatic heterocycles. The highest BCUT2D eigenvalue weighted by Gasteiger charge is 2.55. The maximum Gasteiger partial charge on any atom is 0.322 e. The largest absolute Gasteiger partial charge is 0.390 e. The number of benzene rings is 1. The number of carbonyl (C=O) groups is 1. The highest BCUT2D eigenvalue weighted by molar-refractivity contribution is 5.93. The van der Waals surface area contributed by atoms with Gasteiger partial charge in [0.05, 0.1) is 11.3 Å². The zero-order chi connectivity index (χ0) is 17.2. The van der Waals surface area contributed by atoms with Crippen LogP contribution in [0.15, 0.2) is 18.2 Å². The third kappa shape index (κ3) is 2.47. The summed E-state index contributed by atoms with van der Waals surface area (Å²) in [5.41, 5.74) is 0.871. The van der Waals surface area contributed by atoms with Crippen LogP contribution in [-0.4, -0.2) is 29.3 Å². The Kier molecular flexibility index (Phi) is 3.40. The van der Waals surface area contributed by atoms with Crippen LogP contribution in [0.4, 0.5) is 14.9 Å². The van der Waals surface area contributed by atoms with Crippen molar-refractivity contribution in [1.29, 1.82) is 0 Å². The van der Waals surface area contributed by atoms with Crippen LogP contribution in [0.5, 0.6) is 0 Å². The first-order chi connectivity index (χ1) is 12.0. The van der Waals surface area contributed by atoms with Gasteiger partial charge in [0.1, 0.15) is 5.82 Å². The van der Waals surface area contributed by atoms with E-state index < -0.39 is 5.60 Å². The molecule has 1 aromatic carbocycles. The monoisotopic (exact) mass is 344 g/mol. The lowest BCUT2D eigenvalue weighted by atomic mass is 9.52. The van der Waals surface area contributed by atoms with Crippen molar-refractivity contribution in [3.8, 4) is 0 Å². The van der Waals surface area contributed by atoms with Crippen molar-refractivity contribution >= 4 is 11.7 Å². The number of fused-ring (bicyclic) bond motifs is 1. The third-order valence-electron chi connectivity index (χ3n) is 6.94. The van der Waals surface area contributed by atoms with E-state index in [0.717, 1.165) is 50.5 Å². The molecule has 2 amide bonds. The molecule has 2 N–H and O–H groups in total. The molecule has 5 heteroatoms. The smallest absolute Gasteiger partial charge is 0.322 e. The van der Waals surface area contributed by atoms with Gasteiger partial charge in [0, 0.05) is 12.6 Å². The molecule has 0 saturated heterocycles. The predicted octanol–water partition coefficient (Wildman–Crippen LogP) is 3.23. The second-order valence-electron chi connectivity index (χ2n) is 8.67. The molecule has 4 fully saturated rings. The molecule has 0 radical (unpaired) electrons. The first-order valence-electron chi connectivity index (χ1n) is 9.60. The molecule has 4 nitrogen and oxygen atoms in total. The minimum absolute atomic E-state index is 0.126. The first kappa shape index (κ1) is 15.6. The summed E-state index contributed by atoms with van der Waals surface area (Å²) in [6, 6.07) is 5.02. The fourth-order valence-corrected chi connectivity index (χ4v) is 6.24. The van der Waals surface area contributed by atoms with Gasteiger partial charge in [0.25, 0.3) is 0 Å². The van der Waals surface area contributed by atoms with Gasteiger partial charge < -0.3 is 10.4 Å². The quantitative estimate of drug-likeness (QED) is 0.822. The van der Waals surface area contributed by atoms with Gasteiger partial charge in [-0.05, 0) is 74.3 Å². The van der Waals surface area contributed by atoms with Gasteiger partial charge >= 0.3 is 6.03 Å². The van der Waals surface area contributed by atoms with Crippen LogP contribution in [0.25, 0.3) is 0 Å². The number of hydrogen-bond donors (Lipinski definition) is 2. The van der Waals surface area contributed by atoms with E-state index in [0.29, 0.717) is 30.0 Å². The van der Waals surface area contributed by atoms with E-state index in [1.165, 1.54) is 6.07 Å². The Morgan fingerprint density at radius 1 is 1.24 bits per heavy atom. The van der Waals surface area contributed by atoms with Crippen molar-refractivity contribution in [3.63, 3.8) is 0 Å². The Morgan fingerprint density at radius 2 is 2.00 bits per heavy atom. The maximum atomic E-state index is 14.3. The molecule has 0 spiro atoms. The zero-order valence-electron chi connectivity index (χ0n) is 14.4. The maximum absolute atomic E-state index is 14.3. The van der Waals surface area contributed by atoms with Crippen LogP contribution in [0.2, 0.25) is 0 Å². The van der Waals surface area contributed by atoms with Crippen molar-refractivity contribution < 1.29 is 14.3 Å². The van der Waals surface area contributed by atoms with Gasteiger partial charge in [-0.1, -0.05) is 12.1 Å². The van der Waals surface area contributed by atoms with Gasteiger partial charge in [-0.25, -0.2) is 9.18 Å². The summed E-state index contributed by atoms with van der Waals surface area (Å²) in [6.45, 7) is 0.564. The molecule has 1 aliphatic heterocycles. The Balaban J connectivity index is 1.37. The van der Waals surface area contributed by atoms with Gasteiger partial charge in [0.15, 0.2) is 0 Å².